The standard InChI is InChI=1S/C28H52O2/c1-3-5-7-9-11-13-15-17-19-21-23-25-27-30-28(29)26-24-22-20-18-16-14-12-10-8-6-4-2/h9-12H,3-8,13-27H2,1-2H3/b11-9-,12-10-. The molecule has 0 unspecified atom stereocenters. The van der Waals surface area contributed by atoms with Crippen LogP contribution in [0, 0.1) is 0 Å². The normalized spacial score (nSPS) is 11.7. The van der Waals surface area contributed by atoms with Crippen LogP contribution in [0.25, 0.3) is 0 Å². The number of carbonyl (C=O) groups excluding carboxylic acids is 1. The lowest BCUT2D eigenvalue weighted by atomic mass is 10.1. The summed E-state index contributed by atoms with van der Waals surface area (Å²) in [5.74, 6) is 0.00344. The molecule has 0 aliphatic carbocycles. The summed E-state index contributed by atoms with van der Waals surface area (Å²) < 4.78 is 5.37. The van der Waals surface area contributed by atoms with Crippen LogP contribution < -0.4 is 0 Å². The topological polar surface area (TPSA) is 26.3 Å². The molecule has 0 N–H and O–H groups in total. The van der Waals surface area contributed by atoms with Gasteiger partial charge in [0.2, 0.25) is 0 Å². The number of hydrogen-bond acceptors (Lipinski definition) is 2. The molecule has 0 saturated carbocycles. The molecule has 0 rings (SSSR count). The highest BCUT2D eigenvalue weighted by atomic mass is 16.5. The Morgan fingerprint density at radius 2 is 0.933 bits per heavy atom. The Hall–Kier alpha value is -1.05. The molecule has 0 radical (unpaired) electrons. The molecule has 0 saturated heterocycles. The van der Waals surface area contributed by atoms with Gasteiger partial charge in [0.05, 0.1) is 6.61 Å². The second-order valence-electron chi connectivity index (χ2n) is 8.66. The molecule has 176 valence electrons. The highest BCUT2D eigenvalue weighted by Crippen LogP contribution is 2.10. The van der Waals surface area contributed by atoms with E-state index >= 15 is 0 Å². The van der Waals surface area contributed by atoms with Crippen molar-refractivity contribution in [2.24, 2.45) is 0 Å². The Balaban J connectivity index is 3.22. The van der Waals surface area contributed by atoms with Gasteiger partial charge in [-0.05, 0) is 51.4 Å². The average Bonchev–Trinajstić information content (AvgIpc) is 2.75. The molecule has 0 bridgehead atoms. The molecule has 0 fully saturated rings. The van der Waals surface area contributed by atoms with Gasteiger partial charge in [-0.25, -0.2) is 0 Å². The number of esters is 1. The van der Waals surface area contributed by atoms with Crippen molar-refractivity contribution >= 4 is 5.97 Å². The van der Waals surface area contributed by atoms with Crippen molar-refractivity contribution in [2.45, 2.75) is 142 Å². The van der Waals surface area contributed by atoms with Crippen molar-refractivity contribution < 1.29 is 9.53 Å². The van der Waals surface area contributed by atoms with Gasteiger partial charge < -0.3 is 4.74 Å². The zero-order valence-electron chi connectivity index (χ0n) is 20.5. The molecular weight excluding hydrogens is 368 g/mol. The van der Waals surface area contributed by atoms with Crippen LogP contribution in [0.4, 0.5) is 0 Å². The molecule has 30 heavy (non-hydrogen) atoms. The van der Waals surface area contributed by atoms with Crippen LogP contribution in [-0.2, 0) is 9.53 Å². The second kappa shape index (κ2) is 26.0. The molecule has 0 amide bonds. The molecule has 0 heterocycles. The van der Waals surface area contributed by atoms with Crippen LogP contribution in [0.15, 0.2) is 24.3 Å². The summed E-state index contributed by atoms with van der Waals surface area (Å²) in [5, 5.41) is 0. The first-order valence-corrected chi connectivity index (χ1v) is 13.3. The van der Waals surface area contributed by atoms with E-state index < -0.39 is 0 Å². The third kappa shape index (κ3) is 25.0. The fourth-order valence-corrected chi connectivity index (χ4v) is 3.51. The van der Waals surface area contributed by atoms with E-state index in [1.54, 1.807) is 0 Å². The van der Waals surface area contributed by atoms with Crippen LogP contribution in [-0.4, -0.2) is 12.6 Å². The highest BCUT2D eigenvalue weighted by Gasteiger charge is 2.02. The van der Waals surface area contributed by atoms with Gasteiger partial charge in [-0.2, -0.15) is 0 Å². The lowest BCUT2D eigenvalue weighted by Crippen LogP contribution is -2.05. The monoisotopic (exact) mass is 420 g/mol. The summed E-state index contributed by atoms with van der Waals surface area (Å²) >= 11 is 0. The second-order valence-corrected chi connectivity index (χ2v) is 8.66. The Kier molecular flexibility index (Phi) is 25.1. The number of ether oxygens (including phenoxy) is 1. The minimum absolute atomic E-state index is 0.00344. The lowest BCUT2D eigenvalue weighted by Gasteiger charge is -2.05. The minimum atomic E-state index is 0.00344. The van der Waals surface area contributed by atoms with Crippen LogP contribution >= 0.6 is 0 Å². The molecular formula is C28H52O2. The van der Waals surface area contributed by atoms with Crippen LogP contribution in [0.5, 0.6) is 0 Å². The zero-order valence-corrected chi connectivity index (χ0v) is 20.5. The first-order valence-electron chi connectivity index (χ1n) is 13.3. The van der Waals surface area contributed by atoms with Crippen molar-refractivity contribution in [3.63, 3.8) is 0 Å². The Bertz CT molecular complexity index is 397. The molecule has 0 spiro atoms. The summed E-state index contributed by atoms with van der Waals surface area (Å²) in [6.07, 6.45) is 33.4. The molecule has 0 atom stereocenters. The van der Waals surface area contributed by atoms with E-state index in [1.165, 1.54) is 103 Å². The predicted molar refractivity (Wildman–Crippen MR) is 133 cm³/mol. The molecule has 0 aromatic heterocycles. The summed E-state index contributed by atoms with van der Waals surface area (Å²) in [6, 6.07) is 0. The maximum atomic E-state index is 11.8. The van der Waals surface area contributed by atoms with Gasteiger partial charge in [-0.1, -0.05) is 109 Å². The number of allylic oxidation sites excluding steroid dienone is 4. The minimum Gasteiger partial charge on any atom is -0.466 e. The molecule has 0 aliphatic heterocycles. The fraction of sp³-hybridized carbons (Fsp3) is 0.821. The van der Waals surface area contributed by atoms with Crippen LogP contribution in [0.1, 0.15) is 142 Å². The van der Waals surface area contributed by atoms with Crippen LogP contribution in [0.2, 0.25) is 0 Å². The summed E-state index contributed by atoms with van der Waals surface area (Å²) in [6.45, 7) is 5.09. The Morgan fingerprint density at radius 1 is 0.533 bits per heavy atom. The molecule has 2 nitrogen and oxygen atoms in total. The number of rotatable bonds is 23. The Labute approximate surface area is 188 Å². The van der Waals surface area contributed by atoms with E-state index in [-0.39, 0.29) is 5.97 Å². The van der Waals surface area contributed by atoms with Gasteiger partial charge in [0.1, 0.15) is 0 Å². The van der Waals surface area contributed by atoms with Gasteiger partial charge in [0, 0.05) is 6.42 Å². The van der Waals surface area contributed by atoms with Gasteiger partial charge in [-0.15, -0.1) is 0 Å². The van der Waals surface area contributed by atoms with E-state index in [0.29, 0.717) is 13.0 Å². The molecule has 0 aliphatic rings. The third-order valence-electron chi connectivity index (χ3n) is 5.56. The third-order valence-corrected chi connectivity index (χ3v) is 5.56. The van der Waals surface area contributed by atoms with Gasteiger partial charge >= 0.3 is 5.97 Å². The Morgan fingerprint density at radius 3 is 1.43 bits per heavy atom. The molecule has 0 aromatic carbocycles. The zero-order chi connectivity index (χ0) is 22.0. The van der Waals surface area contributed by atoms with Gasteiger partial charge in [0.15, 0.2) is 0 Å². The highest BCUT2D eigenvalue weighted by molar-refractivity contribution is 5.69. The molecule has 2 heteroatoms. The van der Waals surface area contributed by atoms with Gasteiger partial charge in [0.25, 0.3) is 0 Å². The van der Waals surface area contributed by atoms with Crippen molar-refractivity contribution in [1.82, 2.24) is 0 Å². The van der Waals surface area contributed by atoms with E-state index in [1.807, 2.05) is 0 Å². The van der Waals surface area contributed by atoms with Crippen molar-refractivity contribution in [1.29, 1.82) is 0 Å². The van der Waals surface area contributed by atoms with Crippen molar-refractivity contribution in [3.8, 4) is 0 Å². The first-order chi connectivity index (χ1) is 14.8. The van der Waals surface area contributed by atoms with Crippen molar-refractivity contribution in [3.05, 3.63) is 24.3 Å². The maximum absolute atomic E-state index is 11.8. The first kappa shape index (κ1) is 28.9. The van der Waals surface area contributed by atoms with Gasteiger partial charge in [-0.3, -0.25) is 4.79 Å². The van der Waals surface area contributed by atoms with Crippen LogP contribution in [0.3, 0.4) is 0 Å². The average molecular weight is 421 g/mol. The van der Waals surface area contributed by atoms with E-state index in [4.69, 9.17) is 4.74 Å². The van der Waals surface area contributed by atoms with E-state index in [0.717, 1.165) is 19.3 Å². The summed E-state index contributed by atoms with van der Waals surface area (Å²) in [4.78, 5) is 11.8. The predicted octanol–water partition coefficient (Wildman–Crippen LogP) is 9.48. The maximum Gasteiger partial charge on any atom is 0.305 e. The van der Waals surface area contributed by atoms with E-state index in [2.05, 4.69) is 38.2 Å². The number of hydrogen-bond donors (Lipinski definition) is 0. The summed E-state index contributed by atoms with van der Waals surface area (Å²) in [7, 11) is 0. The number of unbranched alkanes of at least 4 members (excludes halogenated alkanes) is 15. The largest absolute Gasteiger partial charge is 0.466 e. The smallest absolute Gasteiger partial charge is 0.305 e. The summed E-state index contributed by atoms with van der Waals surface area (Å²) in [5.41, 5.74) is 0. The fourth-order valence-electron chi connectivity index (χ4n) is 3.51. The lowest BCUT2D eigenvalue weighted by molar-refractivity contribution is -0.143. The van der Waals surface area contributed by atoms with E-state index in [9.17, 15) is 4.79 Å². The van der Waals surface area contributed by atoms with Crippen molar-refractivity contribution in [2.75, 3.05) is 6.61 Å². The number of carbonyl (C=O) groups is 1. The SMILES string of the molecule is CCCC/C=C\CCCCCCCCOC(=O)CCCCCCC/C=C\CCCC. The molecule has 0 aromatic rings. The quantitative estimate of drug-likeness (QED) is 0.0934.